The summed E-state index contributed by atoms with van der Waals surface area (Å²) in [6.45, 7) is -0.00625. The lowest BCUT2D eigenvalue weighted by Gasteiger charge is -2.10. The lowest BCUT2D eigenvalue weighted by Crippen LogP contribution is -2.09. The van der Waals surface area contributed by atoms with Gasteiger partial charge in [0.1, 0.15) is 17.4 Å². The summed E-state index contributed by atoms with van der Waals surface area (Å²) in [6, 6.07) is 23.0. The van der Waals surface area contributed by atoms with Gasteiger partial charge in [-0.15, -0.1) is 0 Å². The first kappa shape index (κ1) is 21.7. The fraction of sp³-hybridized carbons (Fsp3) is 0.160. The molecule has 0 atom stereocenters. The summed E-state index contributed by atoms with van der Waals surface area (Å²) in [5.74, 6) is 2.52. The van der Waals surface area contributed by atoms with Crippen LogP contribution in [0.1, 0.15) is 28.3 Å². The topological polar surface area (TPSA) is 80.2 Å². The van der Waals surface area contributed by atoms with Crippen LogP contribution in [0.15, 0.2) is 72.8 Å². The van der Waals surface area contributed by atoms with Crippen LogP contribution >= 0.6 is 11.6 Å². The van der Waals surface area contributed by atoms with E-state index in [1.807, 2.05) is 72.8 Å². The first-order valence-electron chi connectivity index (χ1n) is 10.2. The van der Waals surface area contributed by atoms with Gasteiger partial charge in [-0.3, -0.25) is 0 Å². The molecule has 0 fully saturated rings. The molecule has 0 amide bonds. The molecule has 2 N–H and O–H groups in total. The minimum Gasteiger partial charge on any atom is -0.497 e. The van der Waals surface area contributed by atoms with Crippen molar-refractivity contribution in [3.63, 3.8) is 0 Å². The molecule has 162 valence electrons. The van der Waals surface area contributed by atoms with Gasteiger partial charge in [-0.2, -0.15) is 9.97 Å². The fourth-order valence-electron chi connectivity index (χ4n) is 3.36. The van der Waals surface area contributed by atoms with Gasteiger partial charge in [0, 0.05) is 23.6 Å². The van der Waals surface area contributed by atoms with E-state index in [-0.39, 0.29) is 6.61 Å². The van der Waals surface area contributed by atoms with Crippen molar-refractivity contribution in [3.05, 3.63) is 106 Å². The van der Waals surface area contributed by atoms with Crippen molar-refractivity contribution >= 4 is 23.2 Å². The molecule has 0 saturated heterocycles. The van der Waals surface area contributed by atoms with Gasteiger partial charge in [0.05, 0.1) is 13.7 Å². The van der Waals surface area contributed by atoms with Crippen LogP contribution in [-0.2, 0) is 19.4 Å². The van der Waals surface area contributed by atoms with Crippen LogP contribution in [0.3, 0.4) is 0 Å². The summed E-state index contributed by atoms with van der Waals surface area (Å²) >= 11 is 6.12. The Balaban J connectivity index is 1.66. The second-order valence-corrected chi connectivity index (χ2v) is 7.75. The number of aromatic nitrogens is 3. The SMILES string of the molecule is COc1cccc(Cc2nc(Cc3cccc(CO)c3)nc(Nc3cccc(Cl)c3)n2)c1. The van der Waals surface area contributed by atoms with Crippen LogP contribution in [0.25, 0.3) is 0 Å². The Morgan fingerprint density at radius 1 is 0.812 bits per heavy atom. The molecule has 0 bridgehead atoms. The maximum absolute atomic E-state index is 9.44. The van der Waals surface area contributed by atoms with E-state index in [0.29, 0.717) is 35.5 Å². The molecule has 6 nitrogen and oxygen atoms in total. The largest absolute Gasteiger partial charge is 0.497 e. The van der Waals surface area contributed by atoms with Crippen molar-refractivity contribution in [2.45, 2.75) is 19.4 Å². The van der Waals surface area contributed by atoms with Crippen molar-refractivity contribution in [2.75, 3.05) is 12.4 Å². The van der Waals surface area contributed by atoms with E-state index in [0.717, 1.165) is 28.1 Å². The number of rotatable bonds is 8. The highest BCUT2D eigenvalue weighted by Gasteiger charge is 2.10. The highest BCUT2D eigenvalue weighted by Crippen LogP contribution is 2.20. The lowest BCUT2D eigenvalue weighted by atomic mass is 10.1. The number of hydrogen-bond donors (Lipinski definition) is 2. The molecule has 7 heteroatoms. The van der Waals surface area contributed by atoms with Gasteiger partial charge in [-0.05, 0) is 47.0 Å². The molecule has 0 unspecified atom stereocenters. The van der Waals surface area contributed by atoms with E-state index in [1.165, 1.54) is 0 Å². The number of nitrogens with one attached hydrogen (secondary N) is 1. The van der Waals surface area contributed by atoms with E-state index >= 15 is 0 Å². The second-order valence-electron chi connectivity index (χ2n) is 7.31. The van der Waals surface area contributed by atoms with Crippen LogP contribution in [-0.4, -0.2) is 27.2 Å². The molecule has 3 aromatic carbocycles. The Bertz CT molecular complexity index is 1150. The van der Waals surface area contributed by atoms with E-state index in [1.54, 1.807) is 7.11 Å². The average Bonchev–Trinajstić information content (AvgIpc) is 2.79. The summed E-state index contributed by atoms with van der Waals surface area (Å²) in [5.41, 5.74) is 3.70. The predicted molar refractivity (Wildman–Crippen MR) is 126 cm³/mol. The number of anilines is 2. The van der Waals surface area contributed by atoms with E-state index in [2.05, 4.69) is 15.3 Å². The first-order chi connectivity index (χ1) is 15.6. The van der Waals surface area contributed by atoms with Crippen LogP contribution in [0.4, 0.5) is 11.6 Å². The molecular weight excluding hydrogens is 424 g/mol. The number of hydrogen-bond acceptors (Lipinski definition) is 6. The van der Waals surface area contributed by atoms with Crippen LogP contribution in [0, 0.1) is 0 Å². The van der Waals surface area contributed by atoms with Gasteiger partial charge in [-0.25, -0.2) is 4.98 Å². The Hall–Kier alpha value is -3.48. The maximum Gasteiger partial charge on any atom is 0.230 e. The molecule has 1 aromatic heterocycles. The Labute approximate surface area is 191 Å². The molecule has 0 aliphatic heterocycles. The van der Waals surface area contributed by atoms with Crippen molar-refractivity contribution in [1.82, 2.24) is 15.0 Å². The summed E-state index contributed by atoms with van der Waals surface area (Å²) < 4.78 is 5.33. The van der Waals surface area contributed by atoms with Gasteiger partial charge < -0.3 is 15.2 Å². The Kier molecular flexibility index (Phi) is 6.94. The summed E-state index contributed by atoms with van der Waals surface area (Å²) in [5, 5.41) is 13.3. The number of benzene rings is 3. The number of ether oxygens (including phenoxy) is 1. The number of halogens is 1. The van der Waals surface area contributed by atoms with Crippen LogP contribution in [0.2, 0.25) is 5.02 Å². The quantitative estimate of drug-likeness (QED) is 0.398. The predicted octanol–water partition coefficient (Wildman–Crippen LogP) is 4.95. The van der Waals surface area contributed by atoms with Gasteiger partial charge in [0.15, 0.2) is 0 Å². The van der Waals surface area contributed by atoms with Gasteiger partial charge in [0.25, 0.3) is 0 Å². The minimum absolute atomic E-state index is 0.00625. The monoisotopic (exact) mass is 446 g/mol. The van der Waals surface area contributed by atoms with Crippen molar-refractivity contribution in [1.29, 1.82) is 0 Å². The highest BCUT2D eigenvalue weighted by atomic mass is 35.5. The van der Waals surface area contributed by atoms with E-state index < -0.39 is 0 Å². The van der Waals surface area contributed by atoms with E-state index in [4.69, 9.17) is 21.3 Å². The third-order valence-corrected chi connectivity index (χ3v) is 5.08. The maximum atomic E-state index is 9.44. The van der Waals surface area contributed by atoms with Gasteiger partial charge in [-0.1, -0.05) is 54.1 Å². The molecule has 4 rings (SSSR count). The highest BCUT2D eigenvalue weighted by molar-refractivity contribution is 6.30. The molecule has 0 radical (unpaired) electrons. The third kappa shape index (κ3) is 5.81. The number of aliphatic hydroxyl groups excluding tert-OH is 1. The van der Waals surface area contributed by atoms with Gasteiger partial charge in [0.2, 0.25) is 5.95 Å². The molecular formula is C25H23ClN4O2. The number of nitrogens with zero attached hydrogens (tertiary/aromatic N) is 3. The fourth-order valence-corrected chi connectivity index (χ4v) is 3.55. The molecule has 0 saturated carbocycles. The lowest BCUT2D eigenvalue weighted by molar-refractivity contribution is 0.281. The third-order valence-electron chi connectivity index (χ3n) is 4.84. The van der Waals surface area contributed by atoms with Crippen molar-refractivity contribution in [2.24, 2.45) is 0 Å². The summed E-state index contributed by atoms with van der Waals surface area (Å²) in [6.07, 6.45) is 1.05. The van der Waals surface area contributed by atoms with Crippen molar-refractivity contribution < 1.29 is 9.84 Å². The normalized spacial score (nSPS) is 10.7. The zero-order valence-electron chi connectivity index (χ0n) is 17.6. The van der Waals surface area contributed by atoms with Crippen LogP contribution in [0.5, 0.6) is 5.75 Å². The minimum atomic E-state index is -0.00625. The van der Waals surface area contributed by atoms with Gasteiger partial charge >= 0.3 is 0 Å². The molecule has 4 aromatic rings. The Morgan fingerprint density at radius 2 is 1.47 bits per heavy atom. The second kappa shape index (κ2) is 10.2. The molecule has 0 aliphatic rings. The standard InChI is InChI=1S/C25H23ClN4O2/c1-32-22-10-3-6-18(12-22)14-24-28-23(13-17-5-2-7-19(11-17)16-31)29-25(30-24)27-21-9-4-8-20(26)15-21/h2-12,15,31H,13-14,16H2,1H3,(H,27,28,29,30). The van der Waals surface area contributed by atoms with Crippen LogP contribution < -0.4 is 10.1 Å². The molecule has 1 heterocycles. The average molecular weight is 447 g/mol. The Morgan fingerprint density at radius 3 is 2.16 bits per heavy atom. The van der Waals surface area contributed by atoms with Crippen molar-refractivity contribution in [3.8, 4) is 5.75 Å². The first-order valence-corrected chi connectivity index (χ1v) is 10.6. The summed E-state index contributed by atoms with van der Waals surface area (Å²) in [7, 11) is 1.65. The molecule has 0 spiro atoms. The van der Waals surface area contributed by atoms with E-state index in [9.17, 15) is 5.11 Å². The smallest absolute Gasteiger partial charge is 0.230 e. The molecule has 0 aliphatic carbocycles. The molecule has 32 heavy (non-hydrogen) atoms. The number of aliphatic hydroxyl groups is 1. The zero-order chi connectivity index (χ0) is 22.3. The number of methoxy groups -OCH3 is 1. The summed E-state index contributed by atoms with van der Waals surface area (Å²) in [4.78, 5) is 14.0. The zero-order valence-corrected chi connectivity index (χ0v) is 18.4.